The molecule has 0 heterocycles. The van der Waals surface area contributed by atoms with Crippen LogP contribution >= 0.6 is 0 Å². The molecule has 0 spiro atoms. The van der Waals surface area contributed by atoms with E-state index in [0.717, 1.165) is 30.9 Å². The predicted octanol–water partition coefficient (Wildman–Crippen LogP) is 3.30. The lowest BCUT2D eigenvalue weighted by Crippen LogP contribution is -2.23. The summed E-state index contributed by atoms with van der Waals surface area (Å²) in [7, 11) is 0. The van der Waals surface area contributed by atoms with Crippen LogP contribution < -0.4 is 5.73 Å². The summed E-state index contributed by atoms with van der Waals surface area (Å²) in [5.74, 6) is 0.0855. The van der Waals surface area contributed by atoms with Crippen LogP contribution in [0.1, 0.15) is 36.3 Å². The van der Waals surface area contributed by atoms with Gasteiger partial charge in [-0.1, -0.05) is 24.6 Å². The highest BCUT2D eigenvalue weighted by atomic mass is 19.4. The van der Waals surface area contributed by atoms with Crippen molar-refractivity contribution >= 4 is 0 Å². The molecule has 0 aromatic heterocycles. The van der Waals surface area contributed by atoms with Gasteiger partial charge in [0.25, 0.3) is 0 Å². The highest BCUT2D eigenvalue weighted by Gasteiger charge is 2.32. The van der Waals surface area contributed by atoms with Crippen LogP contribution in [0.15, 0.2) is 24.3 Å². The molecule has 1 aliphatic rings. The fourth-order valence-corrected chi connectivity index (χ4v) is 2.35. The average Bonchev–Trinajstić information content (AvgIpc) is 2.63. The quantitative estimate of drug-likeness (QED) is 0.785. The van der Waals surface area contributed by atoms with E-state index in [-0.39, 0.29) is 12.0 Å². The summed E-state index contributed by atoms with van der Waals surface area (Å²) >= 11 is 0. The molecule has 2 unspecified atom stereocenters. The standard InChI is InChI=1S/C12H14F3N/c13-12(14,15)9-4-1-3-8(7-9)10-5-2-6-11(10)16/h1,3-4,7,10-11H,2,5-6,16H2. The van der Waals surface area contributed by atoms with Crippen molar-refractivity contribution in [3.05, 3.63) is 35.4 Å². The maximum absolute atomic E-state index is 12.5. The minimum absolute atomic E-state index is 0.00323. The van der Waals surface area contributed by atoms with E-state index in [4.69, 9.17) is 5.73 Å². The molecule has 1 aliphatic carbocycles. The van der Waals surface area contributed by atoms with Gasteiger partial charge in [-0.3, -0.25) is 0 Å². The van der Waals surface area contributed by atoms with Crippen molar-refractivity contribution in [2.24, 2.45) is 5.73 Å². The molecule has 16 heavy (non-hydrogen) atoms. The average molecular weight is 229 g/mol. The SMILES string of the molecule is NC1CCCC1c1cccc(C(F)(F)F)c1. The van der Waals surface area contributed by atoms with Crippen molar-refractivity contribution in [3.63, 3.8) is 0 Å². The summed E-state index contributed by atoms with van der Waals surface area (Å²) in [6.07, 6.45) is -1.47. The number of rotatable bonds is 1. The maximum atomic E-state index is 12.5. The van der Waals surface area contributed by atoms with Crippen molar-refractivity contribution in [1.29, 1.82) is 0 Å². The summed E-state index contributed by atoms with van der Waals surface area (Å²) in [6.45, 7) is 0. The number of benzene rings is 1. The summed E-state index contributed by atoms with van der Waals surface area (Å²) in [5.41, 5.74) is 6.03. The van der Waals surface area contributed by atoms with E-state index in [2.05, 4.69) is 0 Å². The predicted molar refractivity (Wildman–Crippen MR) is 56.0 cm³/mol. The van der Waals surface area contributed by atoms with Crippen molar-refractivity contribution in [2.75, 3.05) is 0 Å². The Morgan fingerprint density at radius 2 is 1.94 bits per heavy atom. The Bertz CT molecular complexity index is 373. The number of hydrogen-bond donors (Lipinski definition) is 1. The molecule has 2 rings (SSSR count). The van der Waals surface area contributed by atoms with E-state index in [1.54, 1.807) is 6.07 Å². The van der Waals surface area contributed by atoms with Crippen LogP contribution in [-0.2, 0) is 6.18 Å². The van der Waals surface area contributed by atoms with Gasteiger partial charge in [0, 0.05) is 6.04 Å². The van der Waals surface area contributed by atoms with Crippen LogP contribution in [-0.4, -0.2) is 6.04 Å². The summed E-state index contributed by atoms with van der Waals surface area (Å²) in [4.78, 5) is 0. The first-order valence-electron chi connectivity index (χ1n) is 5.41. The van der Waals surface area contributed by atoms with Crippen LogP contribution in [0, 0.1) is 0 Å². The third-order valence-corrected chi connectivity index (χ3v) is 3.21. The van der Waals surface area contributed by atoms with Gasteiger partial charge in [0.2, 0.25) is 0 Å². The summed E-state index contributed by atoms with van der Waals surface area (Å²) in [5, 5.41) is 0. The minimum Gasteiger partial charge on any atom is -0.327 e. The lowest BCUT2D eigenvalue weighted by atomic mass is 9.93. The van der Waals surface area contributed by atoms with Gasteiger partial charge in [0.05, 0.1) is 5.56 Å². The van der Waals surface area contributed by atoms with Gasteiger partial charge in [-0.25, -0.2) is 0 Å². The third kappa shape index (κ3) is 2.21. The Morgan fingerprint density at radius 1 is 1.19 bits per heavy atom. The second-order valence-corrected chi connectivity index (χ2v) is 4.32. The first kappa shape index (κ1) is 11.5. The van der Waals surface area contributed by atoms with E-state index in [1.165, 1.54) is 12.1 Å². The molecule has 0 aliphatic heterocycles. The molecule has 1 aromatic rings. The Balaban J connectivity index is 2.29. The van der Waals surface area contributed by atoms with Gasteiger partial charge in [-0.15, -0.1) is 0 Å². The van der Waals surface area contributed by atoms with E-state index in [1.807, 2.05) is 0 Å². The molecular formula is C12H14F3N. The largest absolute Gasteiger partial charge is 0.416 e. The smallest absolute Gasteiger partial charge is 0.327 e. The molecule has 88 valence electrons. The van der Waals surface area contributed by atoms with Crippen LogP contribution in [0.25, 0.3) is 0 Å². The fourth-order valence-electron chi connectivity index (χ4n) is 2.35. The Morgan fingerprint density at radius 3 is 2.50 bits per heavy atom. The normalized spacial score (nSPS) is 26.0. The zero-order chi connectivity index (χ0) is 11.8. The van der Waals surface area contributed by atoms with E-state index in [9.17, 15) is 13.2 Å². The summed E-state index contributed by atoms with van der Waals surface area (Å²) in [6, 6.07) is 5.54. The maximum Gasteiger partial charge on any atom is 0.416 e. The molecule has 0 radical (unpaired) electrons. The minimum atomic E-state index is -4.27. The molecule has 1 saturated carbocycles. The lowest BCUT2D eigenvalue weighted by Gasteiger charge is -2.17. The highest BCUT2D eigenvalue weighted by Crippen LogP contribution is 2.36. The molecule has 0 saturated heterocycles. The fraction of sp³-hybridized carbons (Fsp3) is 0.500. The van der Waals surface area contributed by atoms with Gasteiger partial charge in [0.15, 0.2) is 0 Å². The van der Waals surface area contributed by atoms with Gasteiger partial charge in [0.1, 0.15) is 0 Å². The monoisotopic (exact) mass is 229 g/mol. The number of nitrogens with two attached hydrogens (primary N) is 1. The van der Waals surface area contributed by atoms with Crippen molar-refractivity contribution < 1.29 is 13.2 Å². The first-order chi connectivity index (χ1) is 7.48. The lowest BCUT2D eigenvalue weighted by molar-refractivity contribution is -0.137. The van der Waals surface area contributed by atoms with Crippen molar-refractivity contribution in [3.8, 4) is 0 Å². The topological polar surface area (TPSA) is 26.0 Å². The molecule has 1 aromatic carbocycles. The zero-order valence-electron chi connectivity index (χ0n) is 8.80. The molecule has 2 N–H and O–H groups in total. The third-order valence-electron chi connectivity index (χ3n) is 3.21. The molecular weight excluding hydrogens is 215 g/mol. The van der Waals surface area contributed by atoms with Crippen LogP contribution in [0.5, 0.6) is 0 Å². The van der Waals surface area contributed by atoms with Crippen molar-refractivity contribution in [1.82, 2.24) is 0 Å². The van der Waals surface area contributed by atoms with E-state index < -0.39 is 11.7 Å². The molecule has 2 atom stereocenters. The van der Waals surface area contributed by atoms with Gasteiger partial charge in [-0.2, -0.15) is 13.2 Å². The number of halogens is 3. The van der Waals surface area contributed by atoms with Crippen LogP contribution in [0.4, 0.5) is 13.2 Å². The molecule has 1 nitrogen and oxygen atoms in total. The second-order valence-electron chi connectivity index (χ2n) is 4.32. The first-order valence-corrected chi connectivity index (χ1v) is 5.41. The highest BCUT2D eigenvalue weighted by molar-refractivity contribution is 5.29. The van der Waals surface area contributed by atoms with Gasteiger partial charge < -0.3 is 5.73 Å². The molecule has 1 fully saturated rings. The summed E-state index contributed by atoms with van der Waals surface area (Å²) < 4.78 is 37.6. The second kappa shape index (κ2) is 4.09. The molecule has 0 bridgehead atoms. The Labute approximate surface area is 92.5 Å². The number of alkyl halides is 3. The number of hydrogen-bond acceptors (Lipinski definition) is 1. The Kier molecular flexibility index (Phi) is 2.93. The molecule has 4 heteroatoms. The van der Waals surface area contributed by atoms with Crippen molar-refractivity contribution in [2.45, 2.75) is 37.4 Å². The zero-order valence-corrected chi connectivity index (χ0v) is 8.80. The van der Waals surface area contributed by atoms with Gasteiger partial charge >= 0.3 is 6.18 Å². The molecule has 0 amide bonds. The van der Waals surface area contributed by atoms with Gasteiger partial charge in [-0.05, 0) is 30.4 Å². The van der Waals surface area contributed by atoms with E-state index in [0.29, 0.717) is 0 Å². The van der Waals surface area contributed by atoms with Crippen LogP contribution in [0.2, 0.25) is 0 Å². The Hall–Kier alpha value is -1.03. The van der Waals surface area contributed by atoms with E-state index >= 15 is 0 Å². The van der Waals surface area contributed by atoms with Crippen LogP contribution in [0.3, 0.4) is 0 Å².